The highest BCUT2D eigenvalue weighted by Gasteiger charge is 2.22. The van der Waals surface area contributed by atoms with Gasteiger partial charge >= 0.3 is 0 Å². The normalized spacial score (nSPS) is 13.4. The van der Waals surface area contributed by atoms with Crippen LogP contribution in [0.2, 0.25) is 0 Å². The molecule has 0 spiro atoms. The molecule has 0 fully saturated rings. The predicted octanol–water partition coefficient (Wildman–Crippen LogP) is 7.58. The van der Waals surface area contributed by atoms with Crippen LogP contribution in [0, 0.1) is 0 Å². The van der Waals surface area contributed by atoms with Crippen LogP contribution >= 0.6 is 0 Å². The zero-order valence-corrected chi connectivity index (χ0v) is 17.4. The van der Waals surface area contributed by atoms with Gasteiger partial charge in [-0.25, -0.2) is 0 Å². The van der Waals surface area contributed by atoms with Crippen molar-refractivity contribution < 1.29 is 0 Å². The van der Waals surface area contributed by atoms with Gasteiger partial charge in [0.25, 0.3) is 0 Å². The van der Waals surface area contributed by atoms with Crippen LogP contribution in [0.4, 0.5) is 0 Å². The molecule has 0 aromatic carbocycles. The third-order valence-corrected chi connectivity index (χ3v) is 5.15. The van der Waals surface area contributed by atoms with Gasteiger partial charge in [0.1, 0.15) is 0 Å². The van der Waals surface area contributed by atoms with E-state index in [4.69, 9.17) is 0 Å². The summed E-state index contributed by atoms with van der Waals surface area (Å²) >= 11 is 0. The first kappa shape index (κ1) is 23.0. The van der Waals surface area contributed by atoms with Crippen LogP contribution in [-0.4, -0.2) is 23.0 Å². The van der Waals surface area contributed by atoms with Gasteiger partial charge in [0.15, 0.2) is 0 Å². The summed E-state index contributed by atoms with van der Waals surface area (Å²) in [4.78, 5) is 2.78. The van der Waals surface area contributed by atoms with Gasteiger partial charge in [-0.2, -0.15) is 0 Å². The van der Waals surface area contributed by atoms with E-state index in [0.717, 1.165) is 6.04 Å². The molecule has 0 rings (SSSR count). The second kappa shape index (κ2) is 15.5. The minimum absolute atomic E-state index is 0.677. The largest absolute Gasteiger partial charge is 0.296 e. The van der Waals surface area contributed by atoms with Gasteiger partial charge in [-0.05, 0) is 40.5 Å². The van der Waals surface area contributed by atoms with E-state index in [1.807, 2.05) is 0 Å². The van der Waals surface area contributed by atoms with E-state index < -0.39 is 0 Å². The van der Waals surface area contributed by atoms with E-state index in [9.17, 15) is 0 Å². The molecule has 0 amide bonds. The average Bonchev–Trinajstić information content (AvgIpc) is 2.49. The van der Waals surface area contributed by atoms with Gasteiger partial charge in [-0.3, -0.25) is 4.90 Å². The Bertz CT molecular complexity index is 226. The highest BCUT2D eigenvalue weighted by molar-refractivity contribution is 4.78. The SMILES string of the molecule is CCCCCCCCC(CCCCCCC)N(C(C)C)C(C)C. The Morgan fingerprint density at radius 1 is 0.522 bits per heavy atom. The van der Waals surface area contributed by atoms with Crippen LogP contribution in [0.3, 0.4) is 0 Å². The van der Waals surface area contributed by atoms with Gasteiger partial charge in [0.05, 0.1) is 0 Å². The van der Waals surface area contributed by atoms with Crippen molar-refractivity contribution in [2.75, 3.05) is 0 Å². The summed E-state index contributed by atoms with van der Waals surface area (Å²) in [6, 6.07) is 2.16. The van der Waals surface area contributed by atoms with Gasteiger partial charge in [0, 0.05) is 18.1 Å². The molecule has 140 valence electrons. The number of hydrogen-bond acceptors (Lipinski definition) is 1. The Kier molecular flexibility index (Phi) is 15.5. The fourth-order valence-electron chi connectivity index (χ4n) is 4.03. The topological polar surface area (TPSA) is 3.24 Å². The van der Waals surface area contributed by atoms with Gasteiger partial charge in [-0.15, -0.1) is 0 Å². The zero-order valence-electron chi connectivity index (χ0n) is 17.4. The molecule has 0 aliphatic rings. The Morgan fingerprint density at radius 2 is 0.870 bits per heavy atom. The first-order chi connectivity index (χ1) is 11.0. The number of unbranched alkanes of at least 4 members (excludes halogenated alkanes) is 9. The van der Waals surface area contributed by atoms with E-state index in [1.165, 1.54) is 83.5 Å². The first-order valence-corrected chi connectivity index (χ1v) is 10.8. The highest BCUT2D eigenvalue weighted by Crippen LogP contribution is 2.22. The smallest absolute Gasteiger partial charge is 0.0101 e. The lowest BCUT2D eigenvalue weighted by molar-refractivity contribution is 0.0960. The van der Waals surface area contributed by atoms with Crippen molar-refractivity contribution in [3.8, 4) is 0 Å². The molecule has 0 N–H and O–H groups in total. The van der Waals surface area contributed by atoms with Crippen LogP contribution in [-0.2, 0) is 0 Å². The van der Waals surface area contributed by atoms with Crippen LogP contribution in [0.1, 0.15) is 125 Å². The summed E-state index contributed by atoms with van der Waals surface area (Å²) in [7, 11) is 0. The van der Waals surface area contributed by atoms with Gasteiger partial charge in [0.2, 0.25) is 0 Å². The molecule has 1 nitrogen and oxygen atoms in total. The first-order valence-electron chi connectivity index (χ1n) is 10.8. The molecule has 0 heterocycles. The predicted molar refractivity (Wildman–Crippen MR) is 107 cm³/mol. The summed E-state index contributed by atoms with van der Waals surface area (Å²) in [5.41, 5.74) is 0. The second-order valence-corrected chi connectivity index (χ2v) is 8.05. The number of nitrogens with zero attached hydrogens (tertiary/aromatic N) is 1. The van der Waals surface area contributed by atoms with E-state index in [0.29, 0.717) is 12.1 Å². The Labute approximate surface area is 148 Å². The second-order valence-electron chi connectivity index (χ2n) is 8.05. The van der Waals surface area contributed by atoms with E-state index in [1.54, 1.807) is 0 Å². The fourth-order valence-corrected chi connectivity index (χ4v) is 4.03. The summed E-state index contributed by atoms with van der Waals surface area (Å²) in [5, 5.41) is 0. The van der Waals surface area contributed by atoms with Gasteiger partial charge < -0.3 is 0 Å². The van der Waals surface area contributed by atoms with Crippen LogP contribution in [0.5, 0.6) is 0 Å². The van der Waals surface area contributed by atoms with E-state index in [-0.39, 0.29) is 0 Å². The lowest BCUT2D eigenvalue weighted by Gasteiger charge is -2.38. The molecule has 0 aromatic heterocycles. The lowest BCUT2D eigenvalue weighted by Crippen LogP contribution is -2.45. The van der Waals surface area contributed by atoms with Crippen LogP contribution in [0.25, 0.3) is 0 Å². The molecule has 0 saturated carbocycles. The Hall–Kier alpha value is -0.0400. The molecule has 1 atom stereocenters. The third-order valence-electron chi connectivity index (χ3n) is 5.15. The van der Waals surface area contributed by atoms with Crippen molar-refractivity contribution in [1.82, 2.24) is 4.90 Å². The average molecular weight is 326 g/mol. The standard InChI is InChI=1S/C22H47N/c1-7-9-11-13-15-17-19-22(18-16-14-12-10-8-2)23(20(3)4)21(5)6/h20-22H,7-19H2,1-6H3. The molecule has 0 aliphatic carbocycles. The van der Waals surface area contributed by atoms with Crippen molar-refractivity contribution in [1.29, 1.82) is 0 Å². The molecule has 1 unspecified atom stereocenters. The van der Waals surface area contributed by atoms with Crippen molar-refractivity contribution >= 4 is 0 Å². The maximum Gasteiger partial charge on any atom is 0.0101 e. The van der Waals surface area contributed by atoms with Crippen LogP contribution in [0.15, 0.2) is 0 Å². The minimum Gasteiger partial charge on any atom is -0.296 e. The Balaban J connectivity index is 4.25. The molecule has 0 aromatic rings. The number of hydrogen-bond donors (Lipinski definition) is 0. The highest BCUT2D eigenvalue weighted by atomic mass is 15.2. The van der Waals surface area contributed by atoms with Crippen molar-refractivity contribution in [3.63, 3.8) is 0 Å². The maximum absolute atomic E-state index is 2.78. The van der Waals surface area contributed by atoms with Gasteiger partial charge in [-0.1, -0.05) is 84.5 Å². The quantitative estimate of drug-likeness (QED) is 0.264. The van der Waals surface area contributed by atoms with Crippen molar-refractivity contribution in [2.24, 2.45) is 0 Å². The summed E-state index contributed by atoms with van der Waals surface area (Å²) in [6.07, 6.45) is 18.4. The summed E-state index contributed by atoms with van der Waals surface area (Å²) < 4.78 is 0. The summed E-state index contributed by atoms with van der Waals surface area (Å²) in [6.45, 7) is 14.1. The Morgan fingerprint density at radius 3 is 1.22 bits per heavy atom. The molecular weight excluding hydrogens is 278 g/mol. The molecule has 0 radical (unpaired) electrons. The van der Waals surface area contributed by atoms with E-state index in [2.05, 4.69) is 46.4 Å². The zero-order chi connectivity index (χ0) is 17.5. The van der Waals surface area contributed by atoms with Crippen molar-refractivity contribution in [2.45, 2.75) is 143 Å². The number of rotatable bonds is 16. The lowest BCUT2D eigenvalue weighted by atomic mass is 9.97. The monoisotopic (exact) mass is 325 g/mol. The molecule has 0 saturated heterocycles. The maximum atomic E-state index is 2.78. The van der Waals surface area contributed by atoms with Crippen LogP contribution < -0.4 is 0 Å². The summed E-state index contributed by atoms with van der Waals surface area (Å²) in [5.74, 6) is 0. The molecule has 0 aliphatic heterocycles. The van der Waals surface area contributed by atoms with Crippen molar-refractivity contribution in [3.05, 3.63) is 0 Å². The van der Waals surface area contributed by atoms with E-state index >= 15 is 0 Å². The minimum atomic E-state index is 0.677. The molecular formula is C22H47N. The molecule has 23 heavy (non-hydrogen) atoms. The molecule has 1 heteroatoms. The third kappa shape index (κ3) is 12.0. The fraction of sp³-hybridized carbons (Fsp3) is 1.00. The molecule has 0 bridgehead atoms.